The summed E-state index contributed by atoms with van der Waals surface area (Å²) in [5.74, 6) is -1.55. The lowest BCUT2D eigenvalue weighted by molar-refractivity contribution is -0.119. The zero-order valence-electron chi connectivity index (χ0n) is 25.7. The number of hydrogen-bond donors (Lipinski definition) is 3. The van der Waals surface area contributed by atoms with Crippen molar-refractivity contribution in [2.75, 3.05) is 25.1 Å². The smallest absolute Gasteiger partial charge is 0.254 e. The molecule has 44 heavy (non-hydrogen) atoms. The van der Waals surface area contributed by atoms with Crippen molar-refractivity contribution < 1.29 is 23.5 Å². The number of rotatable bonds is 13. The number of halogens is 1. The Kier molecular flexibility index (Phi) is 11.6. The molecule has 0 spiro atoms. The van der Waals surface area contributed by atoms with Crippen LogP contribution in [0.25, 0.3) is 0 Å². The molecule has 1 aliphatic rings. The van der Waals surface area contributed by atoms with Crippen molar-refractivity contribution in [1.82, 2.24) is 10.2 Å². The second-order valence-corrected chi connectivity index (χ2v) is 11.6. The van der Waals surface area contributed by atoms with Crippen LogP contribution in [0.2, 0.25) is 0 Å². The summed E-state index contributed by atoms with van der Waals surface area (Å²) < 4.78 is 18.9. The zero-order chi connectivity index (χ0) is 31.6. The number of likely N-dealkylation sites (tertiary alicyclic amines) is 1. The van der Waals surface area contributed by atoms with Crippen LogP contribution in [0.1, 0.15) is 65.0 Å². The standard InChI is InChI=1S/C35H43FN4O4/c1-4-44-22-30-11-8-16-40(30)35(43)27-18-23(2)17-26(21-27)34(42)39-32(20-25-9-6-5-7-10-25)31(37)19-24(3)33(41)38-29-14-12-28(36)13-15-29/h5-7,9-10,12-15,17-18,21,24,30-32H,4,8,11,16,19-20,22,37H2,1-3H3,(H,38,41)(H,39,42)/t24-,30-,31+,32+/m1/s1. The Hall–Kier alpha value is -4.08. The lowest BCUT2D eigenvalue weighted by Gasteiger charge is -2.28. The van der Waals surface area contributed by atoms with E-state index in [4.69, 9.17) is 10.5 Å². The fourth-order valence-corrected chi connectivity index (χ4v) is 5.64. The summed E-state index contributed by atoms with van der Waals surface area (Å²) in [5, 5.41) is 5.90. The minimum absolute atomic E-state index is 0.0238. The molecule has 3 amide bonds. The SMILES string of the molecule is CCOC[C@H]1CCCN1C(=O)c1cc(C)cc(C(=O)N[C@@H](Cc2ccccc2)[C@@H](N)C[C@@H](C)C(=O)Nc2ccc(F)cc2)c1. The molecule has 0 aromatic heterocycles. The van der Waals surface area contributed by atoms with Gasteiger partial charge in [-0.1, -0.05) is 37.3 Å². The number of anilines is 1. The number of aryl methyl sites for hydroxylation is 1. The topological polar surface area (TPSA) is 114 Å². The Morgan fingerprint density at radius 2 is 1.75 bits per heavy atom. The van der Waals surface area contributed by atoms with Crippen molar-refractivity contribution in [3.63, 3.8) is 0 Å². The number of nitrogens with two attached hydrogens (primary N) is 1. The molecule has 0 aliphatic carbocycles. The van der Waals surface area contributed by atoms with Crippen LogP contribution in [0, 0.1) is 18.7 Å². The first-order valence-corrected chi connectivity index (χ1v) is 15.3. The van der Waals surface area contributed by atoms with Gasteiger partial charge in [0.1, 0.15) is 5.82 Å². The summed E-state index contributed by atoms with van der Waals surface area (Å²) in [6.45, 7) is 7.33. The summed E-state index contributed by atoms with van der Waals surface area (Å²) in [7, 11) is 0. The Labute approximate surface area is 259 Å². The van der Waals surface area contributed by atoms with E-state index >= 15 is 0 Å². The van der Waals surface area contributed by atoms with Gasteiger partial charge in [0.05, 0.1) is 12.6 Å². The van der Waals surface area contributed by atoms with Gasteiger partial charge in [-0.2, -0.15) is 0 Å². The predicted molar refractivity (Wildman–Crippen MR) is 170 cm³/mol. The van der Waals surface area contributed by atoms with Gasteiger partial charge < -0.3 is 26.0 Å². The highest BCUT2D eigenvalue weighted by Crippen LogP contribution is 2.22. The van der Waals surface area contributed by atoms with E-state index in [1.54, 1.807) is 19.1 Å². The first-order valence-electron chi connectivity index (χ1n) is 15.3. The van der Waals surface area contributed by atoms with Gasteiger partial charge in [-0.15, -0.1) is 0 Å². The van der Waals surface area contributed by atoms with Crippen LogP contribution < -0.4 is 16.4 Å². The molecule has 1 saturated heterocycles. The van der Waals surface area contributed by atoms with Crippen LogP contribution in [0.3, 0.4) is 0 Å². The molecule has 0 radical (unpaired) electrons. The summed E-state index contributed by atoms with van der Waals surface area (Å²) in [6, 6.07) is 19.5. The van der Waals surface area contributed by atoms with Crippen LogP contribution >= 0.6 is 0 Å². The molecule has 1 aliphatic heterocycles. The lowest BCUT2D eigenvalue weighted by Crippen LogP contribution is -2.50. The van der Waals surface area contributed by atoms with E-state index < -0.39 is 18.0 Å². The van der Waals surface area contributed by atoms with E-state index in [1.165, 1.54) is 24.3 Å². The second kappa shape index (κ2) is 15.6. The third kappa shape index (κ3) is 8.97. The molecular weight excluding hydrogens is 559 g/mol. The quantitative estimate of drug-likeness (QED) is 0.252. The zero-order valence-corrected chi connectivity index (χ0v) is 25.7. The van der Waals surface area contributed by atoms with Crippen LogP contribution in [-0.4, -0.2) is 60.5 Å². The summed E-state index contributed by atoms with van der Waals surface area (Å²) in [5.41, 5.74) is 9.80. The fourth-order valence-electron chi connectivity index (χ4n) is 5.64. The molecule has 0 bridgehead atoms. The van der Waals surface area contributed by atoms with E-state index in [0.29, 0.717) is 49.4 Å². The number of carbonyl (C=O) groups is 3. The maximum absolute atomic E-state index is 13.7. The van der Waals surface area contributed by atoms with Crippen LogP contribution in [-0.2, 0) is 16.0 Å². The number of hydrogen-bond acceptors (Lipinski definition) is 5. The van der Waals surface area contributed by atoms with E-state index in [0.717, 1.165) is 24.0 Å². The van der Waals surface area contributed by atoms with Gasteiger partial charge in [0.15, 0.2) is 0 Å². The third-order valence-electron chi connectivity index (χ3n) is 8.06. The Morgan fingerprint density at radius 3 is 2.45 bits per heavy atom. The molecule has 234 valence electrons. The highest BCUT2D eigenvalue weighted by Gasteiger charge is 2.30. The normalized spacial score (nSPS) is 16.7. The molecule has 8 nitrogen and oxygen atoms in total. The highest BCUT2D eigenvalue weighted by molar-refractivity contribution is 6.00. The lowest BCUT2D eigenvalue weighted by atomic mass is 9.91. The average Bonchev–Trinajstić information content (AvgIpc) is 3.49. The first-order chi connectivity index (χ1) is 21.1. The largest absolute Gasteiger partial charge is 0.380 e. The van der Waals surface area contributed by atoms with Gasteiger partial charge in [-0.05, 0) is 93.1 Å². The molecular formula is C35H43FN4O4. The number of nitrogens with zero attached hydrogens (tertiary/aromatic N) is 1. The molecule has 3 aromatic carbocycles. The fraction of sp³-hybridized carbons (Fsp3) is 0.400. The molecule has 4 N–H and O–H groups in total. The van der Waals surface area contributed by atoms with Crippen molar-refractivity contribution in [2.45, 2.75) is 64.6 Å². The number of ether oxygens (including phenoxy) is 1. The maximum Gasteiger partial charge on any atom is 0.254 e. The van der Waals surface area contributed by atoms with Crippen molar-refractivity contribution >= 4 is 23.4 Å². The molecule has 0 unspecified atom stereocenters. The molecule has 4 atom stereocenters. The summed E-state index contributed by atoms with van der Waals surface area (Å²) >= 11 is 0. The van der Waals surface area contributed by atoms with Gasteiger partial charge in [0, 0.05) is 48.0 Å². The van der Waals surface area contributed by atoms with Crippen molar-refractivity contribution in [1.29, 1.82) is 0 Å². The van der Waals surface area contributed by atoms with E-state index in [2.05, 4.69) is 10.6 Å². The van der Waals surface area contributed by atoms with Crippen LogP contribution in [0.5, 0.6) is 0 Å². The average molecular weight is 603 g/mol. The minimum Gasteiger partial charge on any atom is -0.380 e. The Bertz CT molecular complexity index is 1420. The predicted octanol–water partition coefficient (Wildman–Crippen LogP) is 5.11. The molecule has 9 heteroatoms. The van der Waals surface area contributed by atoms with Crippen molar-refractivity contribution in [2.24, 2.45) is 11.7 Å². The molecule has 1 fully saturated rings. The van der Waals surface area contributed by atoms with Gasteiger partial charge in [0.25, 0.3) is 11.8 Å². The van der Waals surface area contributed by atoms with Gasteiger partial charge >= 0.3 is 0 Å². The summed E-state index contributed by atoms with van der Waals surface area (Å²) in [6.07, 6.45) is 2.58. The number of amides is 3. The van der Waals surface area contributed by atoms with Crippen LogP contribution in [0.15, 0.2) is 72.8 Å². The van der Waals surface area contributed by atoms with Crippen LogP contribution in [0.4, 0.5) is 10.1 Å². The number of benzene rings is 3. The van der Waals surface area contributed by atoms with Gasteiger partial charge in [-0.25, -0.2) is 4.39 Å². The van der Waals surface area contributed by atoms with E-state index in [1.807, 2.05) is 55.1 Å². The summed E-state index contributed by atoms with van der Waals surface area (Å²) in [4.78, 5) is 41.9. The maximum atomic E-state index is 13.7. The van der Waals surface area contributed by atoms with Crippen molar-refractivity contribution in [3.8, 4) is 0 Å². The number of nitrogens with one attached hydrogen (secondary N) is 2. The first kappa shape index (κ1) is 32.8. The third-order valence-corrected chi connectivity index (χ3v) is 8.06. The highest BCUT2D eigenvalue weighted by atomic mass is 19.1. The monoisotopic (exact) mass is 602 g/mol. The molecule has 0 saturated carbocycles. The molecule has 4 rings (SSSR count). The molecule has 3 aromatic rings. The Balaban J connectivity index is 1.48. The van der Waals surface area contributed by atoms with Gasteiger partial charge in [-0.3, -0.25) is 14.4 Å². The Morgan fingerprint density at radius 1 is 1.05 bits per heavy atom. The van der Waals surface area contributed by atoms with Gasteiger partial charge in [0.2, 0.25) is 5.91 Å². The number of carbonyl (C=O) groups excluding carboxylic acids is 3. The van der Waals surface area contributed by atoms with E-state index in [-0.39, 0.29) is 29.6 Å². The second-order valence-electron chi connectivity index (χ2n) is 11.6. The minimum atomic E-state index is -0.553. The van der Waals surface area contributed by atoms with Crippen molar-refractivity contribution in [3.05, 3.63) is 101 Å². The van der Waals surface area contributed by atoms with E-state index in [9.17, 15) is 18.8 Å². The molecule has 1 heterocycles.